The molecule has 4 heterocycles. The first kappa shape index (κ1) is 23.9. The van der Waals surface area contributed by atoms with E-state index in [-0.39, 0.29) is 12.3 Å². The van der Waals surface area contributed by atoms with E-state index < -0.39 is 0 Å². The molecule has 184 valence electrons. The minimum atomic E-state index is -0.0796. The van der Waals surface area contributed by atoms with Gasteiger partial charge in [-0.15, -0.1) is 11.3 Å². The Morgan fingerprint density at radius 2 is 1.86 bits per heavy atom. The second-order valence-electron chi connectivity index (χ2n) is 9.53. The Hall–Kier alpha value is -2.81. The molecular formula is C27H33N5O2S. The quantitative estimate of drug-likeness (QED) is 0.526. The molecular weight excluding hydrogens is 458 g/mol. The van der Waals surface area contributed by atoms with Gasteiger partial charge in [-0.1, -0.05) is 31.2 Å². The highest BCUT2D eigenvalue weighted by atomic mass is 32.1. The number of aromatic nitrogens is 2. The number of rotatable bonds is 7. The van der Waals surface area contributed by atoms with Gasteiger partial charge < -0.3 is 15.0 Å². The molecule has 35 heavy (non-hydrogen) atoms. The zero-order chi connectivity index (χ0) is 24.0. The number of benzene rings is 1. The van der Waals surface area contributed by atoms with Crippen LogP contribution in [0.3, 0.4) is 0 Å². The van der Waals surface area contributed by atoms with Gasteiger partial charge in [0.05, 0.1) is 37.2 Å². The van der Waals surface area contributed by atoms with Crippen LogP contribution >= 0.6 is 11.3 Å². The third-order valence-corrected chi connectivity index (χ3v) is 7.68. The van der Waals surface area contributed by atoms with Crippen molar-refractivity contribution >= 4 is 28.7 Å². The standard InChI is InChI=1S/C27H33N5O2S/c1-20-8-10-32(11-9-20)25-7-6-23(17-28-25)29-26(33)16-24-19-35-27(30-24)22-4-2-21(3-5-22)18-31-12-14-34-15-13-31/h2-7,17,19-20H,8-16,18H2,1H3,(H,29,33). The highest BCUT2D eigenvalue weighted by Gasteiger charge is 2.17. The summed E-state index contributed by atoms with van der Waals surface area (Å²) in [5.41, 5.74) is 3.88. The van der Waals surface area contributed by atoms with Gasteiger partial charge in [0.15, 0.2) is 0 Å². The van der Waals surface area contributed by atoms with Crippen molar-refractivity contribution in [2.45, 2.75) is 32.7 Å². The van der Waals surface area contributed by atoms with Crippen molar-refractivity contribution in [1.29, 1.82) is 0 Å². The molecule has 3 aromatic rings. The summed E-state index contributed by atoms with van der Waals surface area (Å²) in [6.07, 6.45) is 4.40. The average Bonchev–Trinajstić information content (AvgIpc) is 3.34. The summed E-state index contributed by atoms with van der Waals surface area (Å²) in [4.78, 5) is 26.6. The second-order valence-corrected chi connectivity index (χ2v) is 10.4. The summed E-state index contributed by atoms with van der Waals surface area (Å²) in [7, 11) is 0. The van der Waals surface area contributed by atoms with Gasteiger partial charge in [-0.3, -0.25) is 9.69 Å². The zero-order valence-corrected chi connectivity index (χ0v) is 21.1. The fourth-order valence-corrected chi connectivity index (χ4v) is 5.37. The Bertz CT molecular complexity index is 1100. The van der Waals surface area contributed by atoms with E-state index in [0.29, 0.717) is 0 Å². The van der Waals surface area contributed by atoms with E-state index >= 15 is 0 Å². The molecule has 2 aliphatic rings. The number of amides is 1. The van der Waals surface area contributed by atoms with E-state index in [1.807, 2.05) is 17.5 Å². The Balaban J connectivity index is 1.13. The molecule has 0 saturated carbocycles. The van der Waals surface area contributed by atoms with Crippen LogP contribution in [-0.2, 0) is 22.5 Å². The topological polar surface area (TPSA) is 70.6 Å². The smallest absolute Gasteiger partial charge is 0.230 e. The number of pyridine rings is 1. The average molecular weight is 492 g/mol. The summed E-state index contributed by atoms with van der Waals surface area (Å²) >= 11 is 1.57. The fraction of sp³-hybridized carbons (Fsp3) is 0.444. The fourth-order valence-electron chi connectivity index (χ4n) is 4.55. The third kappa shape index (κ3) is 6.45. The summed E-state index contributed by atoms with van der Waals surface area (Å²) in [6.45, 7) is 8.93. The van der Waals surface area contributed by atoms with Crippen LogP contribution < -0.4 is 10.2 Å². The number of carbonyl (C=O) groups excluding carboxylic acids is 1. The Kier molecular flexibility index (Phi) is 7.71. The van der Waals surface area contributed by atoms with E-state index in [0.717, 1.165) is 79.6 Å². The Morgan fingerprint density at radius 3 is 2.57 bits per heavy atom. The van der Waals surface area contributed by atoms with Crippen molar-refractivity contribution in [2.75, 3.05) is 49.6 Å². The minimum Gasteiger partial charge on any atom is -0.379 e. The Morgan fingerprint density at radius 1 is 1.09 bits per heavy atom. The van der Waals surface area contributed by atoms with Crippen molar-refractivity contribution in [3.8, 4) is 10.6 Å². The number of morpholine rings is 1. The van der Waals surface area contributed by atoms with Gasteiger partial charge in [0.1, 0.15) is 10.8 Å². The SMILES string of the molecule is CC1CCN(c2ccc(NC(=O)Cc3csc(-c4ccc(CN5CCOCC5)cc4)n3)cn2)CC1. The van der Waals surface area contributed by atoms with E-state index in [2.05, 4.69) is 51.3 Å². The van der Waals surface area contributed by atoms with Crippen molar-refractivity contribution in [1.82, 2.24) is 14.9 Å². The van der Waals surface area contributed by atoms with E-state index in [9.17, 15) is 4.79 Å². The van der Waals surface area contributed by atoms with Crippen LogP contribution in [-0.4, -0.2) is 60.2 Å². The second kappa shape index (κ2) is 11.3. The van der Waals surface area contributed by atoms with Crippen LogP contribution in [0.5, 0.6) is 0 Å². The predicted molar refractivity (Wildman–Crippen MR) is 141 cm³/mol. The van der Waals surface area contributed by atoms with Crippen molar-refractivity contribution in [2.24, 2.45) is 5.92 Å². The molecule has 1 N–H and O–H groups in total. The Labute approximate surface area is 211 Å². The van der Waals surface area contributed by atoms with Crippen LogP contribution in [0.2, 0.25) is 0 Å². The number of piperidine rings is 1. The van der Waals surface area contributed by atoms with Crippen molar-refractivity contribution < 1.29 is 9.53 Å². The first-order valence-electron chi connectivity index (χ1n) is 12.5. The molecule has 0 radical (unpaired) electrons. The van der Waals surface area contributed by atoms with Gasteiger partial charge in [-0.2, -0.15) is 0 Å². The number of nitrogens with one attached hydrogen (secondary N) is 1. The molecule has 0 unspecified atom stereocenters. The highest BCUT2D eigenvalue weighted by molar-refractivity contribution is 7.13. The lowest BCUT2D eigenvalue weighted by atomic mass is 9.99. The summed E-state index contributed by atoms with van der Waals surface area (Å²) in [6, 6.07) is 12.5. The molecule has 0 bridgehead atoms. The number of hydrogen-bond donors (Lipinski definition) is 1. The monoisotopic (exact) mass is 491 g/mol. The number of anilines is 2. The number of thiazole rings is 1. The van der Waals surface area contributed by atoms with Crippen molar-refractivity contribution in [3.63, 3.8) is 0 Å². The molecule has 0 spiro atoms. The summed E-state index contributed by atoms with van der Waals surface area (Å²) in [5.74, 6) is 1.69. The first-order chi connectivity index (χ1) is 17.1. The number of carbonyl (C=O) groups is 1. The molecule has 2 aliphatic heterocycles. The molecule has 7 nitrogen and oxygen atoms in total. The molecule has 1 aromatic carbocycles. The summed E-state index contributed by atoms with van der Waals surface area (Å²) in [5, 5.41) is 5.86. The van der Waals surface area contributed by atoms with Gasteiger partial charge in [0, 0.05) is 43.7 Å². The largest absolute Gasteiger partial charge is 0.379 e. The zero-order valence-electron chi connectivity index (χ0n) is 20.3. The van der Waals surface area contributed by atoms with Gasteiger partial charge in [0.2, 0.25) is 5.91 Å². The molecule has 1 amide bonds. The third-order valence-electron chi connectivity index (χ3n) is 6.74. The summed E-state index contributed by atoms with van der Waals surface area (Å²) < 4.78 is 5.43. The maximum Gasteiger partial charge on any atom is 0.230 e. The van der Waals surface area contributed by atoms with Gasteiger partial charge in [-0.05, 0) is 36.5 Å². The van der Waals surface area contributed by atoms with Crippen LogP contribution in [0, 0.1) is 5.92 Å². The number of nitrogens with zero attached hydrogens (tertiary/aromatic N) is 4. The van der Waals surface area contributed by atoms with Gasteiger partial charge >= 0.3 is 0 Å². The number of hydrogen-bond acceptors (Lipinski definition) is 7. The molecule has 2 aromatic heterocycles. The van der Waals surface area contributed by atoms with Crippen LogP contribution in [0.4, 0.5) is 11.5 Å². The highest BCUT2D eigenvalue weighted by Crippen LogP contribution is 2.25. The van der Waals surface area contributed by atoms with Crippen LogP contribution in [0.1, 0.15) is 31.0 Å². The lowest BCUT2D eigenvalue weighted by Crippen LogP contribution is -2.35. The maximum atomic E-state index is 12.6. The molecule has 8 heteroatoms. The molecule has 2 fully saturated rings. The molecule has 5 rings (SSSR count). The minimum absolute atomic E-state index is 0.0796. The maximum absolute atomic E-state index is 12.6. The van der Waals surface area contributed by atoms with E-state index in [1.165, 1.54) is 18.4 Å². The molecule has 0 aliphatic carbocycles. The first-order valence-corrected chi connectivity index (χ1v) is 13.3. The van der Waals surface area contributed by atoms with E-state index in [1.54, 1.807) is 17.5 Å². The molecule has 0 atom stereocenters. The van der Waals surface area contributed by atoms with Crippen molar-refractivity contribution in [3.05, 3.63) is 59.2 Å². The lowest BCUT2D eigenvalue weighted by Gasteiger charge is -2.31. The normalized spacial score (nSPS) is 17.5. The van der Waals surface area contributed by atoms with Crippen LogP contribution in [0.25, 0.3) is 10.6 Å². The lowest BCUT2D eigenvalue weighted by molar-refractivity contribution is -0.115. The van der Waals surface area contributed by atoms with Gasteiger partial charge in [0.25, 0.3) is 0 Å². The van der Waals surface area contributed by atoms with E-state index in [4.69, 9.17) is 9.72 Å². The predicted octanol–water partition coefficient (Wildman–Crippen LogP) is 4.45. The van der Waals surface area contributed by atoms with Gasteiger partial charge in [-0.25, -0.2) is 9.97 Å². The number of ether oxygens (including phenoxy) is 1. The molecule has 2 saturated heterocycles. The van der Waals surface area contributed by atoms with Crippen LogP contribution in [0.15, 0.2) is 48.0 Å².